The van der Waals surface area contributed by atoms with Crippen LogP contribution in [0.15, 0.2) is 12.1 Å². The number of halogens is 1. The minimum Gasteiger partial charge on any atom is -0.341 e. The van der Waals surface area contributed by atoms with Gasteiger partial charge in [0.15, 0.2) is 0 Å². The van der Waals surface area contributed by atoms with Crippen LogP contribution in [0.2, 0.25) is 0 Å². The first-order chi connectivity index (χ1) is 7.49. The SMILES string of the molecule is Cc1ccc(CN(C)C(=O)CCC(C)N)s1.Cl. The summed E-state index contributed by atoms with van der Waals surface area (Å²) in [6.07, 6.45) is 1.30. The Morgan fingerprint density at radius 2 is 2.18 bits per heavy atom. The summed E-state index contributed by atoms with van der Waals surface area (Å²) in [5.41, 5.74) is 5.63. The zero-order valence-electron chi connectivity index (χ0n) is 10.6. The van der Waals surface area contributed by atoms with Crippen LogP contribution in [0.5, 0.6) is 0 Å². The van der Waals surface area contributed by atoms with Crippen molar-refractivity contribution < 1.29 is 4.79 Å². The van der Waals surface area contributed by atoms with E-state index in [0.717, 1.165) is 6.42 Å². The Morgan fingerprint density at radius 3 is 2.65 bits per heavy atom. The van der Waals surface area contributed by atoms with E-state index in [9.17, 15) is 4.79 Å². The molecule has 0 spiro atoms. The second-order valence-electron chi connectivity index (χ2n) is 4.28. The summed E-state index contributed by atoms with van der Waals surface area (Å²) in [7, 11) is 1.85. The summed E-state index contributed by atoms with van der Waals surface area (Å²) in [5.74, 6) is 0.170. The van der Waals surface area contributed by atoms with Gasteiger partial charge in [-0.2, -0.15) is 0 Å². The molecule has 0 aliphatic heterocycles. The van der Waals surface area contributed by atoms with Crippen molar-refractivity contribution >= 4 is 29.7 Å². The summed E-state index contributed by atoms with van der Waals surface area (Å²) in [4.78, 5) is 16.0. The van der Waals surface area contributed by atoms with Gasteiger partial charge >= 0.3 is 0 Å². The van der Waals surface area contributed by atoms with Crippen molar-refractivity contribution in [2.75, 3.05) is 7.05 Å². The largest absolute Gasteiger partial charge is 0.341 e. The van der Waals surface area contributed by atoms with E-state index in [1.165, 1.54) is 9.75 Å². The summed E-state index contributed by atoms with van der Waals surface area (Å²) < 4.78 is 0. The monoisotopic (exact) mass is 276 g/mol. The molecule has 0 saturated heterocycles. The Bertz CT molecular complexity index is 352. The van der Waals surface area contributed by atoms with Crippen LogP contribution in [0, 0.1) is 6.92 Å². The van der Waals surface area contributed by atoms with Crippen LogP contribution < -0.4 is 5.73 Å². The number of aryl methyl sites for hydroxylation is 1. The molecule has 2 N–H and O–H groups in total. The van der Waals surface area contributed by atoms with E-state index in [0.29, 0.717) is 13.0 Å². The molecule has 0 radical (unpaired) electrons. The summed E-state index contributed by atoms with van der Waals surface area (Å²) >= 11 is 1.74. The number of nitrogens with zero attached hydrogens (tertiary/aromatic N) is 1. The van der Waals surface area contributed by atoms with E-state index in [1.807, 2.05) is 14.0 Å². The normalized spacial score (nSPS) is 11.8. The van der Waals surface area contributed by atoms with Gasteiger partial charge in [-0.3, -0.25) is 4.79 Å². The van der Waals surface area contributed by atoms with Crippen molar-refractivity contribution in [3.8, 4) is 0 Å². The first-order valence-electron chi connectivity index (χ1n) is 5.54. The Labute approximate surface area is 113 Å². The van der Waals surface area contributed by atoms with Gasteiger partial charge < -0.3 is 10.6 Å². The lowest BCUT2D eigenvalue weighted by Gasteiger charge is -2.16. The Morgan fingerprint density at radius 1 is 1.53 bits per heavy atom. The minimum atomic E-state index is 0. The van der Waals surface area contributed by atoms with Crippen LogP contribution in [0.4, 0.5) is 0 Å². The van der Waals surface area contributed by atoms with Gasteiger partial charge in [-0.15, -0.1) is 23.7 Å². The average molecular weight is 277 g/mol. The summed E-state index contributed by atoms with van der Waals surface area (Å²) in [6, 6.07) is 4.26. The zero-order chi connectivity index (χ0) is 12.1. The molecule has 1 aromatic heterocycles. The molecule has 3 nitrogen and oxygen atoms in total. The topological polar surface area (TPSA) is 46.3 Å². The number of nitrogens with two attached hydrogens (primary N) is 1. The first kappa shape index (κ1) is 16.4. The highest BCUT2D eigenvalue weighted by Gasteiger charge is 2.10. The molecule has 5 heteroatoms. The van der Waals surface area contributed by atoms with Crippen molar-refractivity contribution in [3.63, 3.8) is 0 Å². The smallest absolute Gasteiger partial charge is 0.222 e. The molecule has 1 rings (SSSR count). The third kappa shape index (κ3) is 6.05. The lowest BCUT2D eigenvalue weighted by atomic mass is 10.2. The van der Waals surface area contributed by atoms with Crippen molar-refractivity contribution in [3.05, 3.63) is 21.9 Å². The predicted molar refractivity (Wildman–Crippen MR) is 75.7 cm³/mol. The van der Waals surface area contributed by atoms with E-state index >= 15 is 0 Å². The lowest BCUT2D eigenvalue weighted by molar-refractivity contribution is -0.130. The molecular weight excluding hydrogens is 256 g/mol. The molecule has 0 aliphatic rings. The number of rotatable bonds is 5. The van der Waals surface area contributed by atoms with E-state index in [-0.39, 0.29) is 24.4 Å². The molecule has 0 aliphatic carbocycles. The van der Waals surface area contributed by atoms with Crippen LogP contribution in [-0.2, 0) is 11.3 Å². The van der Waals surface area contributed by atoms with E-state index in [2.05, 4.69) is 19.1 Å². The molecule has 1 aromatic rings. The van der Waals surface area contributed by atoms with Crippen LogP contribution in [0.25, 0.3) is 0 Å². The first-order valence-corrected chi connectivity index (χ1v) is 6.35. The fourth-order valence-corrected chi connectivity index (χ4v) is 2.38. The maximum absolute atomic E-state index is 11.7. The highest BCUT2D eigenvalue weighted by atomic mass is 35.5. The average Bonchev–Trinajstić information content (AvgIpc) is 2.60. The standard InChI is InChI=1S/C12H20N2OS.ClH/c1-9(13)4-7-12(15)14(3)8-11-6-5-10(2)16-11;/h5-6,9H,4,7-8,13H2,1-3H3;1H. The molecular formula is C12H21ClN2OS. The van der Waals surface area contributed by atoms with Crippen molar-refractivity contribution in [2.24, 2.45) is 5.73 Å². The molecule has 1 atom stereocenters. The molecule has 0 fully saturated rings. The fourth-order valence-electron chi connectivity index (χ4n) is 1.43. The molecule has 98 valence electrons. The maximum Gasteiger partial charge on any atom is 0.222 e. The molecule has 0 bridgehead atoms. The van der Waals surface area contributed by atoms with Crippen LogP contribution in [0.1, 0.15) is 29.5 Å². The van der Waals surface area contributed by atoms with Gasteiger partial charge in [-0.1, -0.05) is 0 Å². The van der Waals surface area contributed by atoms with E-state index in [4.69, 9.17) is 5.73 Å². The van der Waals surface area contributed by atoms with Crippen LogP contribution in [-0.4, -0.2) is 23.9 Å². The Hall–Kier alpha value is -0.580. The van der Waals surface area contributed by atoms with Gasteiger partial charge in [0.25, 0.3) is 0 Å². The minimum absolute atomic E-state index is 0. The molecule has 1 amide bonds. The molecule has 17 heavy (non-hydrogen) atoms. The third-order valence-corrected chi connectivity index (χ3v) is 3.41. The van der Waals surface area contributed by atoms with Crippen molar-refractivity contribution in [2.45, 2.75) is 39.3 Å². The fraction of sp³-hybridized carbons (Fsp3) is 0.583. The second kappa shape index (κ2) is 7.69. The second-order valence-corrected chi connectivity index (χ2v) is 5.65. The van der Waals surface area contributed by atoms with Gasteiger partial charge in [0.05, 0.1) is 6.54 Å². The van der Waals surface area contributed by atoms with Crippen molar-refractivity contribution in [1.82, 2.24) is 4.90 Å². The van der Waals surface area contributed by atoms with Gasteiger partial charge in [0, 0.05) is 29.3 Å². The van der Waals surface area contributed by atoms with Crippen molar-refractivity contribution in [1.29, 1.82) is 0 Å². The van der Waals surface area contributed by atoms with Crippen LogP contribution in [0.3, 0.4) is 0 Å². The maximum atomic E-state index is 11.7. The predicted octanol–water partition coefficient (Wildman–Crippen LogP) is 2.56. The van der Waals surface area contributed by atoms with E-state index in [1.54, 1.807) is 16.2 Å². The highest BCUT2D eigenvalue weighted by Crippen LogP contribution is 2.17. The number of thiophene rings is 1. The lowest BCUT2D eigenvalue weighted by Crippen LogP contribution is -2.27. The number of amides is 1. The van der Waals surface area contributed by atoms with Gasteiger partial charge in [0.2, 0.25) is 5.91 Å². The van der Waals surface area contributed by atoms with Gasteiger partial charge in [0.1, 0.15) is 0 Å². The number of carbonyl (C=O) groups excluding carboxylic acids is 1. The number of hydrogen-bond donors (Lipinski definition) is 1. The van der Waals surface area contributed by atoms with E-state index < -0.39 is 0 Å². The molecule has 1 unspecified atom stereocenters. The van der Waals surface area contributed by atoms with Gasteiger partial charge in [-0.25, -0.2) is 0 Å². The molecule has 1 heterocycles. The zero-order valence-corrected chi connectivity index (χ0v) is 12.2. The Kier molecular flexibility index (Phi) is 7.43. The molecule has 0 saturated carbocycles. The molecule has 0 aromatic carbocycles. The third-order valence-electron chi connectivity index (χ3n) is 2.43. The quantitative estimate of drug-likeness (QED) is 0.898. The Balaban J connectivity index is 0.00000256. The number of carbonyl (C=O) groups is 1. The number of hydrogen-bond acceptors (Lipinski definition) is 3. The van der Waals surface area contributed by atoms with Crippen LogP contribution >= 0.6 is 23.7 Å². The summed E-state index contributed by atoms with van der Waals surface area (Å²) in [5, 5.41) is 0. The van der Waals surface area contributed by atoms with Gasteiger partial charge in [-0.05, 0) is 32.4 Å². The summed E-state index contributed by atoms with van der Waals surface area (Å²) in [6.45, 7) is 4.71. The highest BCUT2D eigenvalue weighted by molar-refractivity contribution is 7.11.